The van der Waals surface area contributed by atoms with Crippen LogP contribution in [0.1, 0.15) is 15.5 Å². The molecule has 0 fully saturated rings. The van der Waals surface area contributed by atoms with Gasteiger partial charge in [0.05, 0.1) is 4.88 Å². The molecule has 0 aliphatic heterocycles. The number of benzene rings is 1. The molecule has 0 atom stereocenters. The first-order chi connectivity index (χ1) is 8.11. The molecule has 4 nitrogen and oxygen atoms in total. The molecule has 6 heteroatoms. The van der Waals surface area contributed by atoms with E-state index in [1.807, 2.05) is 0 Å². The van der Waals surface area contributed by atoms with Gasteiger partial charge in [-0.05, 0) is 17.7 Å². The minimum Gasteiger partial charge on any atom is -0.476 e. The smallest absolute Gasteiger partial charge is 0.356 e. The van der Waals surface area contributed by atoms with Crippen LogP contribution >= 0.6 is 11.3 Å². The van der Waals surface area contributed by atoms with Crippen molar-refractivity contribution in [3.63, 3.8) is 0 Å². The Morgan fingerprint density at radius 3 is 2.59 bits per heavy atom. The summed E-state index contributed by atoms with van der Waals surface area (Å²) in [6, 6.07) is 5.61. The van der Waals surface area contributed by atoms with E-state index in [0.29, 0.717) is 15.4 Å². The molecule has 1 aromatic carbocycles. The van der Waals surface area contributed by atoms with Gasteiger partial charge in [-0.3, -0.25) is 0 Å². The number of aromatic nitrogens is 1. The maximum Gasteiger partial charge on any atom is 0.356 e. The molecular weight excluding hydrogens is 243 g/mol. The van der Waals surface area contributed by atoms with E-state index in [1.165, 1.54) is 35.6 Å². The van der Waals surface area contributed by atoms with Gasteiger partial charge in [0, 0.05) is 6.54 Å². The van der Waals surface area contributed by atoms with Gasteiger partial charge in [0.2, 0.25) is 0 Å². The van der Waals surface area contributed by atoms with Crippen molar-refractivity contribution in [3.8, 4) is 10.4 Å². The Labute approximate surface area is 101 Å². The first-order valence-electron chi connectivity index (χ1n) is 4.81. The Hall–Kier alpha value is -1.79. The minimum absolute atomic E-state index is 0.0398. The van der Waals surface area contributed by atoms with Crippen LogP contribution in [0, 0.1) is 5.82 Å². The second kappa shape index (κ2) is 4.60. The number of thiazole rings is 1. The van der Waals surface area contributed by atoms with Crippen molar-refractivity contribution in [3.05, 3.63) is 40.8 Å². The molecule has 0 saturated heterocycles. The van der Waals surface area contributed by atoms with Crippen LogP contribution in [0.2, 0.25) is 0 Å². The largest absolute Gasteiger partial charge is 0.476 e. The Morgan fingerprint density at radius 1 is 1.41 bits per heavy atom. The summed E-state index contributed by atoms with van der Waals surface area (Å²) in [5, 5.41) is 9.56. The first kappa shape index (κ1) is 11.7. The van der Waals surface area contributed by atoms with Crippen LogP contribution in [0.5, 0.6) is 0 Å². The lowest BCUT2D eigenvalue weighted by Gasteiger charge is -1.98. The van der Waals surface area contributed by atoms with Gasteiger partial charge in [0.1, 0.15) is 10.8 Å². The van der Waals surface area contributed by atoms with E-state index >= 15 is 0 Å². The predicted octanol–water partition coefficient (Wildman–Crippen LogP) is 2.11. The molecule has 2 rings (SSSR count). The standard InChI is InChI=1S/C11H9FN2O2S/c12-7-3-1-6(2-4-7)10-9(11(15)16)14-8(5-13)17-10/h1-4H,5,13H2,(H,15,16). The number of hydrogen-bond donors (Lipinski definition) is 2. The summed E-state index contributed by atoms with van der Waals surface area (Å²) in [6.45, 7) is 0.187. The van der Waals surface area contributed by atoms with Crippen molar-refractivity contribution in [2.75, 3.05) is 0 Å². The number of aromatic carboxylic acids is 1. The molecular formula is C11H9FN2O2S. The molecule has 0 bridgehead atoms. The van der Waals surface area contributed by atoms with Crippen LogP contribution in [0.15, 0.2) is 24.3 Å². The molecule has 88 valence electrons. The second-order valence-corrected chi connectivity index (χ2v) is 4.39. The number of hydrogen-bond acceptors (Lipinski definition) is 4. The molecule has 0 aliphatic carbocycles. The third-order valence-corrected chi connectivity index (χ3v) is 3.28. The fraction of sp³-hybridized carbons (Fsp3) is 0.0909. The fourth-order valence-electron chi connectivity index (χ4n) is 1.39. The predicted molar refractivity (Wildman–Crippen MR) is 62.4 cm³/mol. The Bertz CT molecular complexity index is 551. The molecule has 0 unspecified atom stereocenters. The SMILES string of the molecule is NCc1nc(C(=O)O)c(-c2ccc(F)cc2)s1. The highest BCUT2D eigenvalue weighted by Gasteiger charge is 2.18. The number of rotatable bonds is 3. The molecule has 0 radical (unpaired) electrons. The normalized spacial score (nSPS) is 10.5. The first-order valence-corrected chi connectivity index (χ1v) is 5.62. The average molecular weight is 252 g/mol. The van der Waals surface area contributed by atoms with Crippen molar-refractivity contribution in [1.29, 1.82) is 0 Å². The van der Waals surface area contributed by atoms with Crippen molar-refractivity contribution in [2.45, 2.75) is 6.54 Å². The monoisotopic (exact) mass is 252 g/mol. The molecule has 1 heterocycles. The van der Waals surface area contributed by atoms with Gasteiger partial charge < -0.3 is 10.8 Å². The second-order valence-electron chi connectivity index (χ2n) is 3.30. The summed E-state index contributed by atoms with van der Waals surface area (Å²) in [5.74, 6) is -1.48. The minimum atomic E-state index is -1.11. The third-order valence-electron chi connectivity index (χ3n) is 2.16. The summed E-state index contributed by atoms with van der Waals surface area (Å²) in [6.07, 6.45) is 0. The highest BCUT2D eigenvalue weighted by atomic mass is 32.1. The summed E-state index contributed by atoms with van der Waals surface area (Å²) in [4.78, 5) is 15.4. The van der Waals surface area contributed by atoms with Gasteiger partial charge in [-0.2, -0.15) is 0 Å². The molecule has 1 aromatic heterocycles. The van der Waals surface area contributed by atoms with E-state index in [9.17, 15) is 9.18 Å². The van der Waals surface area contributed by atoms with E-state index in [4.69, 9.17) is 10.8 Å². The molecule has 0 aliphatic rings. The zero-order valence-corrected chi connectivity index (χ0v) is 9.50. The number of nitrogens with two attached hydrogens (primary N) is 1. The van der Waals surface area contributed by atoms with Crippen molar-refractivity contribution >= 4 is 17.3 Å². The number of carboxylic acids is 1. The number of nitrogens with zero attached hydrogens (tertiary/aromatic N) is 1. The zero-order valence-electron chi connectivity index (χ0n) is 8.68. The lowest BCUT2D eigenvalue weighted by atomic mass is 10.1. The van der Waals surface area contributed by atoms with Crippen molar-refractivity contribution in [1.82, 2.24) is 4.98 Å². The van der Waals surface area contributed by atoms with Crippen molar-refractivity contribution < 1.29 is 14.3 Å². The van der Waals surface area contributed by atoms with E-state index in [2.05, 4.69) is 4.98 Å². The quantitative estimate of drug-likeness (QED) is 0.877. The van der Waals surface area contributed by atoms with E-state index in [-0.39, 0.29) is 18.1 Å². The zero-order chi connectivity index (χ0) is 12.4. The van der Waals surface area contributed by atoms with Gasteiger partial charge in [-0.15, -0.1) is 11.3 Å². The van der Waals surface area contributed by atoms with Gasteiger partial charge in [-0.1, -0.05) is 12.1 Å². The summed E-state index contributed by atoms with van der Waals surface area (Å²) in [5.41, 5.74) is 6.02. The molecule has 0 saturated carbocycles. The van der Waals surface area contributed by atoms with Gasteiger partial charge >= 0.3 is 5.97 Å². The fourth-order valence-corrected chi connectivity index (χ4v) is 2.33. The maximum atomic E-state index is 12.8. The highest BCUT2D eigenvalue weighted by molar-refractivity contribution is 7.15. The Kier molecular flexibility index (Phi) is 3.16. The highest BCUT2D eigenvalue weighted by Crippen LogP contribution is 2.30. The van der Waals surface area contributed by atoms with Crippen molar-refractivity contribution in [2.24, 2.45) is 5.73 Å². The Balaban J connectivity index is 2.53. The van der Waals surface area contributed by atoms with Gasteiger partial charge in [-0.25, -0.2) is 14.2 Å². The van der Waals surface area contributed by atoms with Crippen LogP contribution in [0.4, 0.5) is 4.39 Å². The third kappa shape index (κ3) is 2.32. The summed E-state index contributed by atoms with van der Waals surface area (Å²) >= 11 is 1.21. The van der Waals surface area contributed by atoms with E-state index in [0.717, 1.165) is 0 Å². The molecule has 0 amide bonds. The van der Waals surface area contributed by atoms with Crippen LogP contribution in [-0.4, -0.2) is 16.1 Å². The molecule has 3 N–H and O–H groups in total. The Morgan fingerprint density at radius 2 is 2.06 bits per heavy atom. The van der Waals surface area contributed by atoms with Crippen LogP contribution in [-0.2, 0) is 6.54 Å². The van der Waals surface area contributed by atoms with Gasteiger partial charge in [0.15, 0.2) is 5.69 Å². The lowest BCUT2D eigenvalue weighted by molar-refractivity contribution is 0.0692. The topological polar surface area (TPSA) is 76.2 Å². The maximum absolute atomic E-state index is 12.8. The van der Waals surface area contributed by atoms with Crippen LogP contribution in [0.25, 0.3) is 10.4 Å². The summed E-state index contributed by atoms with van der Waals surface area (Å²) in [7, 11) is 0. The number of halogens is 1. The van der Waals surface area contributed by atoms with E-state index < -0.39 is 5.97 Å². The van der Waals surface area contributed by atoms with E-state index in [1.54, 1.807) is 0 Å². The number of carbonyl (C=O) groups is 1. The molecule has 17 heavy (non-hydrogen) atoms. The van der Waals surface area contributed by atoms with Crippen LogP contribution in [0.3, 0.4) is 0 Å². The summed E-state index contributed by atoms with van der Waals surface area (Å²) < 4.78 is 12.8. The van der Waals surface area contributed by atoms with Crippen LogP contribution < -0.4 is 5.73 Å². The van der Waals surface area contributed by atoms with Gasteiger partial charge in [0.25, 0.3) is 0 Å². The average Bonchev–Trinajstić information content (AvgIpc) is 2.74. The lowest BCUT2D eigenvalue weighted by Crippen LogP contribution is -2.01. The molecule has 2 aromatic rings. The number of carboxylic acid groups (broad SMARTS) is 1. The molecule has 0 spiro atoms.